The van der Waals surface area contributed by atoms with Gasteiger partial charge in [-0.1, -0.05) is 27.7 Å². The summed E-state index contributed by atoms with van der Waals surface area (Å²) in [6.07, 6.45) is 2.61. The Bertz CT molecular complexity index is 1270. The van der Waals surface area contributed by atoms with Crippen LogP contribution in [0.25, 0.3) is 10.8 Å². The minimum atomic E-state index is -1.37. The molecule has 2 saturated heterocycles. The van der Waals surface area contributed by atoms with Gasteiger partial charge in [-0.15, -0.1) is 0 Å². The fourth-order valence-electron chi connectivity index (χ4n) is 5.07. The largest absolute Gasteiger partial charge is 0.389 e. The van der Waals surface area contributed by atoms with Gasteiger partial charge in [0.2, 0.25) is 5.95 Å². The summed E-state index contributed by atoms with van der Waals surface area (Å²) in [7, 11) is 0. The van der Waals surface area contributed by atoms with Crippen molar-refractivity contribution in [2.24, 2.45) is 5.41 Å². The second-order valence-electron chi connectivity index (χ2n) is 11.0. The zero-order valence-electron chi connectivity index (χ0n) is 21.4. The van der Waals surface area contributed by atoms with Crippen molar-refractivity contribution in [1.82, 2.24) is 19.9 Å². The molecular formula is C26H34FN7O2. The number of nitrogens with one attached hydrogen (secondary N) is 1. The van der Waals surface area contributed by atoms with Gasteiger partial charge in [0.1, 0.15) is 23.6 Å². The molecule has 5 heterocycles. The second-order valence-corrected chi connectivity index (χ2v) is 11.0. The number of β-amino-alcohol motifs (C(OH)–C–C–N with tert-alkyl or cyclic N) is 1. The zero-order valence-corrected chi connectivity index (χ0v) is 21.4. The second kappa shape index (κ2) is 9.08. The number of hydrogen-bond donors (Lipinski definition) is 3. The molecule has 3 aromatic rings. The predicted molar refractivity (Wildman–Crippen MR) is 139 cm³/mol. The van der Waals surface area contributed by atoms with Crippen molar-refractivity contribution in [2.75, 3.05) is 34.8 Å². The Kier molecular flexibility index (Phi) is 6.20. The van der Waals surface area contributed by atoms with Gasteiger partial charge >= 0.3 is 0 Å². The van der Waals surface area contributed by atoms with Crippen LogP contribution in [-0.2, 0) is 0 Å². The lowest BCUT2D eigenvalue weighted by atomic mass is 9.80. The molecule has 2 fully saturated rings. The summed E-state index contributed by atoms with van der Waals surface area (Å²) in [5, 5.41) is 25.4. The molecule has 9 nitrogen and oxygen atoms in total. The van der Waals surface area contributed by atoms with Gasteiger partial charge in [0, 0.05) is 42.5 Å². The first-order valence-corrected chi connectivity index (χ1v) is 12.5. The highest BCUT2D eigenvalue weighted by Gasteiger charge is 2.42. The van der Waals surface area contributed by atoms with E-state index in [9.17, 15) is 14.6 Å². The van der Waals surface area contributed by atoms with Crippen molar-refractivity contribution in [1.29, 1.82) is 0 Å². The quantitative estimate of drug-likeness (QED) is 0.490. The first kappa shape index (κ1) is 24.6. The van der Waals surface area contributed by atoms with Crippen LogP contribution in [0.3, 0.4) is 0 Å². The molecule has 0 aliphatic carbocycles. The summed E-state index contributed by atoms with van der Waals surface area (Å²) in [6, 6.07) is 3.75. The maximum Gasteiger partial charge on any atom is 0.227 e. The number of anilines is 4. The number of piperidine rings is 1. The van der Waals surface area contributed by atoms with E-state index in [2.05, 4.69) is 39.0 Å². The van der Waals surface area contributed by atoms with Crippen LogP contribution in [-0.4, -0.2) is 74.2 Å². The first-order chi connectivity index (χ1) is 17.0. The number of aromatic nitrogens is 4. The van der Waals surface area contributed by atoms with Crippen molar-refractivity contribution in [2.45, 2.75) is 65.0 Å². The molecule has 5 rings (SSSR count). The number of hydrogen-bond acceptors (Lipinski definition) is 9. The molecule has 10 heteroatoms. The maximum absolute atomic E-state index is 14.5. The molecule has 36 heavy (non-hydrogen) atoms. The highest BCUT2D eigenvalue weighted by molar-refractivity contribution is 5.96. The Balaban J connectivity index is 1.44. The molecule has 2 aliphatic rings. The zero-order chi connectivity index (χ0) is 25.8. The van der Waals surface area contributed by atoms with Gasteiger partial charge in [0.25, 0.3) is 0 Å². The van der Waals surface area contributed by atoms with Crippen molar-refractivity contribution < 1.29 is 14.6 Å². The van der Waals surface area contributed by atoms with Crippen LogP contribution in [0.4, 0.5) is 27.8 Å². The molecule has 2 aliphatic heterocycles. The lowest BCUT2D eigenvalue weighted by molar-refractivity contribution is -0.0257. The fourth-order valence-corrected chi connectivity index (χ4v) is 5.07. The highest BCUT2D eigenvalue weighted by Crippen LogP contribution is 2.36. The van der Waals surface area contributed by atoms with Gasteiger partial charge in [0.15, 0.2) is 0 Å². The third kappa shape index (κ3) is 4.32. The lowest BCUT2D eigenvalue weighted by Crippen LogP contribution is -2.59. The Labute approximate surface area is 210 Å². The summed E-state index contributed by atoms with van der Waals surface area (Å²) >= 11 is 0. The number of aliphatic hydroxyl groups excluding tert-OH is 2. The van der Waals surface area contributed by atoms with Crippen molar-refractivity contribution >= 4 is 34.2 Å². The van der Waals surface area contributed by atoms with E-state index in [4.69, 9.17) is 4.98 Å². The van der Waals surface area contributed by atoms with Crippen LogP contribution in [0.2, 0.25) is 0 Å². The Morgan fingerprint density at radius 3 is 2.53 bits per heavy atom. The Morgan fingerprint density at radius 2 is 1.86 bits per heavy atom. The van der Waals surface area contributed by atoms with E-state index in [1.165, 1.54) is 0 Å². The number of pyridine rings is 2. The standard InChI is InChI=1S/C26H34FN7O2/c1-14(2)17-9-30-24(34-12-20(35)15(34)3)18-10-29-22(8-16(17)18)31-21-6-7-28-25(32-21)33-11-19(27)23(36)26(4,5)13-33/h6-10,14-15,19-20,23,35-36H,11-13H2,1-5H3,(H,28,29,31,32)/t15-,19-,20+,23-/m1/s1. The van der Waals surface area contributed by atoms with E-state index in [0.29, 0.717) is 30.7 Å². The minimum absolute atomic E-state index is 0.00707. The molecule has 4 atom stereocenters. The van der Waals surface area contributed by atoms with E-state index < -0.39 is 17.7 Å². The van der Waals surface area contributed by atoms with Crippen LogP contribution in [0.15, 0.2) is 30.7 Å². The lowest BCUT2D eigenvalue weighted by Gasteiger charge is -2.44. The molecule has 0 spiro atoms. The molecule has 3 N–H and O–H groups in total. The van der Waals surface area contributed by atoms with E-state index in [1.807, 2.05) is 39.2 Å². The number of halogens is 1. The van der Waals surface area contributed by atoms with Gasteiger partial charge < -0.3 is 25.3 Å². The van der Waals surface area contributed by atoms with Crippen molar-refractivity contribution in [3.63, 3.8) is 0 Å². The average Bonchev–Trinajstić information content (AvgIpc) is 2.84. The Morgan fingerprint density at radius 1 is 1.08 bits per heavy atom. The SMILES string of the molecule is CC(C)c1cnc(N2C[C@H](O)[C@H]2C)c2cnc(Nc3ccnc(N4C[C@@H](F)[C@@H](O)C(C)(C)C4)n3)cc12. The molecule has 0 aromatic carbocycles. The summed E-state index contributed by atoms with van der Waals surface area (Å²) < 4.78 is 14.5. The third-order valence-corrected chi connectivity index (χ3v) is 7.43. The number of fused-ring (bicyclic) bond motifs is 1. The van der Waals surface area contributed by atoms with Gasteiger partial charge in [-0.3, -0.25) is 0 Å². The molecule has 3 aromatic heterocycles. The van der Waals surface area contributed by atoms with Crippen LogP contribution < -0.4 is 15.1 Å². The molecule has 0 bridgehead atoms. The topological polar surface area (TPSA) is 111 Å². The van der Waals surface area contributed by atoms with Gasteiger partial charge in [0.05, 0.1) is 24.8 Å². The van der Waals surface area contributed by atoms with Crippen molar-refractivity contribution in [3.05, 3.63) is 36.3 Å². The van der Waals surface area contributed by atoms with Crippen LogP contribution in [0, 0.1) is 5.41 Å². The third-order valence-electron chi connectivity index (χ3n) is 7.43. The fraction of sp³-hybridized carbons (Fsp3) is 0.538. The van der Waals surface area contributed by atoms with E-state index in [0.717, 1.165) is 22.2 Å². The number of aliphatic hydroxyl groups is 2. The maximum atomic E-state index is 14.5. The first-order valence-electron chi connectivity index (χ1n) is 12.5. The summed E-state index contributed by atoms with van der Waals surface area (Å²) in [5.41, 5.74) is 0.493. The molecule has 0 saturated carbocycles. The monoisotopic (exact) mass is 495 g/mol. The van der Waals surface area contributed by atoms with E-state index in [-0.39, 0.29) is 24.6 Å². The van der Waals surface area contributed by atoms with Gasteiger partial charge in [-0.2, -0.15) is 4.98 Å². The summed E-state index contributed by atoms with van der Waals surface area (Å²) in [4.78, 5) is 22.2. The highest BCUT2D eigenvalue weighted by atomic mass is 19.1. The molecule has 0 unspecified atom stereocenters. The van der Waals surface area contributed by atoms with Crippen molar-refractivity contribution in [3.8, 4) is 0 Å². The van der Waals surface area contributed by atoms with Gasteiger partial charge in [-0.25, -0.2) is 19.3 Å². The molecular weight excluding hydrogens is 461 g/mol. The molecule has 192 valence electrons. The van der Waals surface area contributed by atoms with E-state index >= 15 is 0 Å². The smallest absolute Gasteiger partial charge is 0.227 e. The number of nitrogens with zero attached hydrogens (tertiary/aromatic N) is 6. The normalized spacial score (nSPS) is 25.8. The predicted octanol–water partition coefficient (Wildman–Crippen LogP) is 3.40. The number of rotatable bonds is 5. The van der Waals surface area contributed by atoms with Crippen LogP contribution in [0.5, 0.6) is 0 Å². The van der Waals surface area contributed by atoms with Crippen LogP contribution in [0.1, 0.15) is 46.1 Å². The van der Waals surface area contributed by atoms with Gasteiger partial charge in [-0.05, 0) is 35.9 Å². The Hall–Kier alpha value is -3.11. The van der Waals surface area contributed by atoms with Crippen LogP contribution >= 0.6 is 0 Å². The average molecular weight is 496 g/mol. The minimum Gasteiger partial charge on any atom is -0.389 e. The number of alkyl halides is 1. The summed E-state index contributed by atoms with van der Waals surface area (Å²) in [5.74, 6) is 2.67. The summed E-state index contributed by atoms with van der Waals surface area (Å²) in [6.45, 7) is 11.0. The molecule has 0 radical (unpaired) electrons. The molecule has 0 amide bonds. The van der Waals surface area contributed by atoms with E-state index in [1.54, 1.807) is 17.2 Å².